The largest absolute Gasteiger partial charge is 0.444 e. The van der Waals surface area contributed by atoms with Crippen LogP contribution in [-0.2, 0) is 11.3 Å². The maximum absolute atomic E-state index is 12.1. The van der Waals surface area contributed by atoms with Gasteiger partial charge >= 0.3 is 6.09 Å². The molecule has 0 unspecified atom stereocenters. The third-order valence-electron chi connectivity index (χ3n) is 4.48. The molecule has 1 aromatic rings. The van der Waals surface area contributed by atoms with Gasteiger partial charge in [-0.05, 0) is 65.1 Å². The van der Waals surface area contributed by atoms with Gasteiger partial charge < -0.3 is 14.5 Å². The molecule has 0 aromatic heterocycles. The molecule has 0 aliphatic carbocycles. The maximum atomic E-state index is 12.1. The van der Waals surface area contributed by atoms with Gasteiger partial charge in [0.1, 0.15) is 5.60 Å². The van der Waals surface area contributed by atoms with Gasteiger partial charge in [0.2, 0.25) is 0 Å². The summed E-state index contributed by atoms with van der Waals surface area (Å²) in [5.74, 6) is 0.710. The molecule has 0 spiro atoms. The van der Waals surface area contributed by atoms with Crippen LogP contribution in [0.3, 0.4) is 0 Å². The Balaban J connectivity index is 1.67. The fourth-order valence-corrected chi connectivity index (χ4v) is 3.11. The average Bonchev–Trinajstić information content (AvgIpc) is 2.53. The second-order valence-electron chi connectivity index (χ2n) is 7.92. The van der Waals surface area contributed by atoms with Crippen molar-refractivity contribution in [3.05, 3.63) is 35.9 Å². The highest BCUT2D eigenvalue weighted by molar-refractivity contribution is 5.68. The molecule has 4 heteroatoms. The number of piperidine rings is 1. The lowest BCUT2D eigenvalue weighted by Gasteiger charge is -2.34. The fourth-order valence-electron chi connectivity index (χ4n) is 3.11. The maximum Gasteiger partial charge on any atom is 0.410 e. The second-order valence-corrected chi connectivity index (χ2v) is 7.92. The molecule has 1 aliphatic heterocycles. The van der Waals surface area contributed by atoms with Crippen molar-refractivity contribution in [1.29, 1.82) is 0 Å². The van der Waals surface area contributed by atoms with Crippen LogP contribution in [0, 0.1) is 5.92 Å². The van der Waals surface area contributed by atoms with Crippen molar-refractivity contribution in [3.8, 4) is 0 Å². The summed E-state index contributed by atoms with van der Waals surface area (Å²) in [7, 11) is 2.18. The van der Waals surface area contributed by atoms with Gasteiger partial charge in [-0.2, -0.15) is 0 Å². The van der Waals surface area contributed by atoms with Gasteiger partial charge in [0, 0.05) is 19.6 Å². The predicted molar refractivity (Wildman–Crippen MR) is 97.9 cm³/mol. The number of carbonyl (C=O) groups excluding carboxylic acids is 1. The van der Waals surface area contributed by atoms with Gasteiger partial charge in [-0.15, -0.1) is 0 Å². The fraction of sp³-hybridized carbons (Fsp3) is 0.650. The third-order valence-corrected chi connectivity index (χ3v) is 4.48. The number of ether oxygens (including phenoxy) is 1. The van der Waals surface area contributed by atoms with Crippen LogP contribution < -0.4 is 0 Å². The van der Waals surface area contributed by atoms with Crippen molar-refractivity contribution in [2.75, 3.05) is 26.7 Å². The summed E-state index contributed by atoms with van der Waals surface area (Å²) >= 11 is 0. The number of benzene rings is 1. The Morgan fingerprint density at radius 1 is 1.21 bits per heavy atom. The van der Waals surface area contributed by atoms with E-state index < -0.39 is 5.60 Å². The van der Waals surface area contributed by atoms with Crippen molar-refractivity contribution in [2.24, 2.45) is 5.92 Å². The summed E-state index contributed by atoms with van der Waals surface area (Å²) in [6, 6.07) is 10.6. The van der Waals surface area contributed by atoms with Crippen molar-refractivity contribution in [2.45, 2.75) is 52.2 Å². The molecule has 134 valence electrons. The minimum Gasteiger partial charge on any atom is -0.444 e. The number of nitrogens with zero attached hydrogens (tertiary/aromatic N) is 2. The summed E-state index contributed by atoms with van der Waals surface area (Å²) in [6.45, 7) is 9.49. The Morgan fingerprint density at radius 3 is 2.42 bits per heavy atom. The monoisotopic (exact) mass is 332 g/mol. The van der Waals surface area contributed by atoms with Crippen molar-refractivity contribution >= 4 is 6.09 Å². The molecule has 1 fully saturated rings. The first-order valence-electron chi connectivity index (χ1n) is 9.04. The summed E-state index contributed by atoms with van der Waals surface area (Å²) in [5.41, 5.74) is 0.952. The normalized spacial score (nSPS) is 16.5. The molecular formula is C20H32N2O2. The molecule has 2 rings (SSSR count). The standard InChI is InChI=1S/C20H32N2O2/c1-20(2,3)24-19(23)22-14-11-17(12-15-22)10-13-21(4)16-18-8-6-5-7-9-18/h5-9,17H,10-16H2,1-4H3. The summed E-state index contributed by atoms with van der Waals surface area (Å²) in [4.78, 5) is 16.3. The predicted octanol–water partition coefficient (Wildman–Crippen LogP) is 4.16. The molecule has 0 saturated carbocycles. The van der Waals surface area contributed by atoms with E-state index in [9.17, 15) is 4.79 Å². The molecule has 4 nitrogen and oxygen atoms in total. The van der Waals surface area contributed by atoms with Gasteiger partial charge in [0.05, 0.1) is 0 Å². The van der Waals surface area contributed by atoms with E-state index in [0.29, 0.717) is 5.92 Å². The van der Waals surface area contributed by atoms with Gasteiger partial charge in [0.25, 0.3) is 0 Å². The van der Waals surface area contributed by atoms with Crippen LogP contribution in [0.15, 0.2) is 30.3 Å². The quantitative estimate of drug-likeness (QED) is 0.812. The zero-order chi connectivity index (χ0) is 17.6. The first-order valence-corrected chi connectivity index (χ1v) is 9.04. The SMILES string of the molecule is CN(CCC1CCN(C(=O)OC(C)(C)C)CC1)Cc1ccccc1. The molecule has 1 heterocycles. The van der Waals surface area contributed by atoms with Crippen LogP contribution in [0.25, 0.3) is 0 Å². The molecule has 24 heavy (non-hydrogen) atoms. The van der Waals surface area contributed by atoms with Crippen LogP contribution in [0.4, 0.5) is 4.79 Å². The topological polar surface area (TPSA) is 32.8 Å². The third kappa shape index (κ3) is 6.52. The van der Waals surface area contributed by atoms with E-state index in [1.165, 1.54) is 12.0 Å². The van der Waals surface area contributed by atoms with Crippen molar-refractivity contribution < 1.29 is 9.53 Å². The lowest BCUT2D eigenvalue weighted by atomic mass is 9.93. The summed E-state index contributed by atoms with van der Waals surface area (Å²) < 4.78 is 5.46. The second kappa shape index (κ2) is 8.52. The zero-order valence-electron chi connectivity index (χ0n) is 15.6. The van der Waals surface area contributed by atoms with E-state index >= 15 is 0 Å². The summed E-state index contributed by atoms with van der Waals surface area (Å²) in [6.07, 6.45) is 3.20. The summed E-state index contributed by atoms with van der Waals surface area (Å²) in [5, 5.41) is 0. The van der Waals surface area contributed by atoms with Gasteiger partial charge in [-0.1, -0.05) is 30.3 Å². The van der Waals surface area contributed by atoms with E-state index in [1.54, 1.807) is 0 Å². The lowest BCUT2D eigenvalue weighted by Crippen LogP contribution is -2.42. The zero-order valence-corrected chi connectivity index (χ0v) is 15.6. The smallest absolute Gasteiger partial charge is 0.410 e. The highest BCUT2D eigenvalue weighted by Crippen LogP contribution is 2.22. The first-order chi connectivity index (χ1) is 11.3. The molecule has 1 aromatic carbocycles. The molecular weight excluding hydrogens is 300 g/mol. The Morgan fingerprint density at radius 2 is 1.83 bits per heavy atom. The molecule has 1 saturated heterocycles. The Hall–Kier alpha value is -1.55. The van der Waals surface area contributed by atoms with Gasteiger partial charge in [-0.25, -0.2) is 4.79 Å². The van der Waals surface area contributed by atoms with E-state index in [2.05, 4.69) is 42.3 Å². The highest BCUT2D eigenvalue weighted by atomic mass is 16.6. The van der Waals surface area contributed by atoms with E-state index in [4.69, 9.17) is 4.74 Å². The van der Waals surface area contributed by atoms with Gasteiger partial charge in [-0.3, -0.25) is 0 Å². The molecule has 0 radical (unpaired) electrons. The number of hydrogen-bond donors (Lipinski definition) is 0. The number of carbonyl (C=O) groups is 1. The number of hydrogen-bond acceptors (Lipinski definition) is 3. The highest BCUT2D eigenvalue weighted by Gasteiger charge is 2.26. The number of amides is 1. The Bertz CT molecular complexity index is 502. The van der Waals surface area contributed by atoms with Crippen LogP contribution in [0.1, 0.15) is 45.6 Å². The minimum absolute atomic E-state index is 0.165. The van der Waals surface area contributed by atoms with Crippen LogP contribution in [0.5, 0.6) is 0 Å². The van der Waals surface area contributed by atoms with E-state index in [1.807, 2.05) is 25.7 Å². The van der Waals surface area contributed by atoms with Gasteiger partial charge in [0.15, 0.2) is 0 Å². The molecule has 0 atom stereocenters. The number of rotatable bonds is 5. The lowest BCUT2D eigenvalue weighted by molar-refractivity contribution is 0.0178. The minimum atomic E-state index is -0.409. The molecule has 0 bridgehead atoms. The van der Waals surface area contributed by atoms with Crippen LogP contribution >= 0.6 is 0 Å². The molecule has 0 N–H and O–H groups in total. The van der Waals surface area contributed by atoms with Crippen LogP contribution in [0.2, 0.25) is 0 Å². The van der Waals surface area contributed by atoms with Crippen LogP contribution in [-0.4, -0.2) is 48.2 Å². The van der Waals surface area contributed by atoms with Crippen molar-refractivity contribution in [1.82, 2.24) is 9.80 Å². The average molecular weight is 332 g/mol. The van der Waals surface area contributed by atoms with Crippen molar-refractivity contribution in [3.63, 3.8) is 0 Å². The van der Waals surface area contributed by atoms with E-state index in [-0.39, 0.29) is 6.09 Å². The van der Waals surface area contributed by atoms with E-state index in [0.717, 1.165) is 39.0 Å². The molecule has 1 amide bonds. The Labute approximate surface area is 146 Å². The number of likely N-dealkylation sites (tertiary alicyclic amines) is 1. The Kier molecular flexibility index (Phi) is 6.67. The molecule has 1 aliphatic rings. The first kappa shape index (κ1) is 18.8.